The third-order valence-electron chi connectivity index (χ3n) is 4.68. The van der Waals surface area contributed by atoms with Gasteiger partial charge in [0.25, 0.3) is 0 Å². The van der Waals surface area contributed by atoms with Gasteiger partial charge in [0.05, 0.1) is 11.2 Å². The van der Waals surface area contributed by atoms with E-state index in [0.717, 1.165) is 47.3 Å². The highest BCUT2D eigenvalue weighted by atomic mass is 32.2. The van der Waals surface area contributed by atoms with Crippen LogP contribution < -0.4 is 0 Å². The quantitative estimate of drug-likeness (QED) is 0.788. The molecule has 0 saturated carbocycles. The van der Waals surface area contributed by atoms with Crippen molar-refractivity contribution in [2.24, 2.45) is 5.92 Å². The van der Waals surface area contributed by atoms with Gasteiger partial charge < -0.3 is 9.15 Å². The molecule has 2 saturated heterocycles. The summed E-state index contributed by atoms with van der Waals surface area (Å²) in [6.45, 7) is 0.701. The number of para-hydroxylation sites is 1. The summed E-state index contributed by atoms with van der Waals surface area (Å²) >= 11 is 1.94. The fourth-order valence-electron chi connectivity index (χ4n) is 3.50. The first-order chi connectivity index (χ1) is 10.3. The van der Waals surface area contributed by atoms with Gasteiger partial charge >= 0.3 is 0 Å². The first-order valence-corrected chi connectivity index (χ1v) is 8.65. The zero-order valence-electron chi connectivity index (χ0n) is 11.8. The van der Waals surface area contributed by atoms with E-state index in [-0.39, 0.29) is 17.3 Å². The molecular formula is C17H18O3S. The maximum absolute atomic E-state index is 12.9. The minimum absolute atomic E-state index is 0.0528. The zero-order valence-corrected chi connectivity index (χ0v) is 12.7. The number of fused-ring (bicyclic) bond motifs is 1. The molecule has 0 bridgehead atoms. The molecule has 2 aromatic rings. The summed E-state index contributed by atoms with van der Waals surface area (Å²) in [6.07, 6.45) is 4.38. The summed E-state index contributed by atoms with van der Waals surface area (Å²) in [4.78, 5) is 12.9. The molecule has 0 radical (unpaired) electrons. The van der Waals surface area contributed by atoms with Gasteiger partial charge in [-0.15, -0.1) is 0 Å². The molecule has 2 aliphatic heterocycles. The van der Waals surface area contributed by atoms with Crippen molar-refractivity contribution in [2.75, 3.05) is 18.1 Å². The van der Waals surface area contributed by atoms with Crippen LogP contribution in [0.15, 0.2) is 34.9 Å². The van der Waals surface area contributed by atoms with Crippen LogP contribution in [-0.2, 0) is 4.74 Å². The smallest absolute Gasteiger partial charge is 0.169 e. The second-order valence-electron chi connectivity index (χ2n) is 6.03. The maximum atomic E-state index is 12.9. The normalized spacial score (nSPS) is 29.2. The number of hydrogen-bond acceptors (Lipinski definition) is 4. The van der Waals surface area contributed by atoms with Gasteiger partial charge in [0.15, 0.2) is 5.78 Å². The Kier molecular flexibility index (Phi) is 3.31. The van der Waals surface area contributed by atoms with E-state index in [4.69, 9.17) is 9.15 Å². The fraction of sp³-hybridized carbons (Fsp3) is 0.471. The molecule has 2 unspecified atom stereocenters. The number of benzene rings is 1. The van der Waals surface area contributed by atoms with Gasteiger partial charge in [-0.3, -0.25) is 4.79 Å². The van der Waals surface area contributed by atoms with Crippen molar-refractivity contribution in [3.63, 3.8) is 0 Å². The molecule has 1 aromatic heterocycles. The van der Waals surface area contributed by atoms with E-state index in [1.807, 2.05) is 36.0 Å². The van der Waals surface area contributed by atoms with Crippen molar-refractivity contribution in [1.29, 1.82) is 0 Å². The third kappa shape index (κ3) is 2.30. The van der Waals surface area contributed by atoms with Crippen LogP contribution in [0.1, 0.15) is 29.6 Å². The summed E-state index contributed by atoms with van der Waals surface area (Å²) in [5, 5.41) is 0.934. The van der Waals surface area contributed by atoms with Gasteiger partial charge in [-0.1, -0.05) is 18.2 Å². The monoisotopic (exact) mass is 302 g/mol. The van der Waals surface area contributed by atoms with E-state index in [1.54, 1.807) is 6.26 Å². The number of carbonyl (C=O) groups is 1. The molecule has 1 aromatic carbocycles. The topological polar surface area (TPSA) is 39.4 Å². The Morgan fingerprint density at radius 1 is 1.33 bits per heavy atom. The highest BCUT2D eigenvalue weighted by molar-refractivity contribution is 7.99. The summed E-state index contributed by atoms with van der Waals surface area (Å²) < 4.78 is 11.5. The molecule has 3 heterocycles. The summed E-state index contributed by atoms with van der Waals surface area (Å²) in [5.74, 6) is 2.47. The molecule has 0 amide bonds. The number of ether oxygens (including phenoxy) is 1. The van der Waals surface area contributed by atoms with Crippen LogP contribution in [0.5, 0.6) is 0 Å². The van der Waals surface area contributed by atoms with Crippen molar-refractivity contribution in [3.8, 4) is 0 Å². The van der Waals surface area contributed by atoms with Gasteiger partial charge in [0.1, 0.15) is 11.8 Å². The number of furan rings is 1. The SMILES string of the molecule is O=C(c1coc2ccccc12)C1CCOC2(CCSC2)C1. The molecular weight excluding hydrogens is 284 g/mol. The molecule has 0 aliphatic carbocycles. The van der Waals surface area contributed by atoms with Gasteiger partial charge in [-0.25, -0.2) is 0 Å². The number of carbonyl (C=O) groups excluding carboxylic acids is 1. The standard InChI is InChI=1S/C17H18O3S/c18-16(14-10-19-15-4-2-1-3-13(14)15)12-5-7-20-17(9-12)6-8-21-11-17/h1-4,10,12H,5-9,11H2. The van der Waals surface area contributed by atoms with Crippen LogP contribution in [0.25, 0.3) is 11.0 Å². The van der Waals surface area contributed by atoms with Crippen LogP contribution in [-0.4, -0.2) is 29.5 Å². The van der Waals surface area contributed by atoms with Crippen molar-refractivity contribution >= 4 is 28.5 Å². The van der Waals surface area contributed by atoms with Crippen molar-refractivity contribution in [1.82, 2.24) is 0 Å². The van der Waals surface area contributed by atoms with Crippen LogP contribution >= 0.6 is 11.8 Å². The van der Waals surface area contributed by atoms with Crippen LogP contribution in [0.3, 0.4) is 0 Å². The van der Waals surface area contributed by atoms with E-state index < -0.39 is 0 Å². The van der Waals surface area contributed by atoms with Gasteiger partial charge in [0.2, 0.25) is 0 Å². The van der Waals surface area contributed by atoms with E-state index in [1.165, 1.54) is 0 Å². The fourth-order valence-corrected chi connectivity index (χ4v) is 4.88. The summed E-state index contributed by atoms with van der Waals surface area (Å²) in [5.41, 5.74) is 1.47. The second kappa shape index (κ2) is 5.18. The third-order valence-corrected chi connectivity index (χ3v) is 5.90. The molecule has 2 atom stereocenters. The predicted octanol–water partition coefficient (Wildman–Crippen LogP) is 3.92. The van der Waals surface area contributed by atoms with E-state index in [0.29, 0.717) is 6.61 Å². The Morgan fingerprint density at radius 3 is 3.10 bits per heavy atom. The molecule has 4 rings (SSSR count). The lowest BCUT2D eigenvalue weighted by molar-refractivity contribution is -0.0734. The number of hydrogen-bond donors (Lipinski definition) is 0. The second-order valence-corrected chi connectivity index (χ2v) is 7.14. The molecule has 110 valence electrons. The van der Waals surface area contributed by atoms with Crippen molar-refractivity contribution in [2.45, 2.75) is 24.9 Å². The van der Waals surface area contributed by atoms with Crippen LogP contribution in [0.2, 0.25) is 0 Å². The molecule has 3 nitrogen and oxygen atoms in total. The first kappa shape index (κ1) is 13.4. The Labute approximate surface area is 128 Å². The lowest BCUT2D eigenvalue weighted by Gasteiger charge is -2.37. The Morgan fingerprint density at radius 2 is 2.24 bits per heavy atom. The Balaban J connectivity index is 1.62. The Bertz CT molecular complexity index is 669. The predicted molar refractivity (Wildman–Crippen MR) is 83.9 cm³/mol. The van der Waals surface area contributed by atoms with E-state index in [9.17, 15) is 4.79 Å². The number of ketones is 1. The molecule has 2 fully saturated rings. The van der Waals surface area contributed by atoms with Gasteiger partial charge in [-0.05, 0) is 31.1 Å². The van der Waals surface area contributed by atoms with E-state index >= 15 is 0 Å². The molecule has 2 aliphatic rings. The van der Waals surface area contributed by atoms with Crippen molar-refractivity contribution < 1.29 is 13.9 Å². The lowest BCUT2D eigenvalue weighted by Crippen LogP contribution is -2.42. The number of rotatable bonds is 2. The van der Waals surface area contributed by atoms with Gasteiger partial charge in [-0.2, -0.15) is 11.8 Å². The maximum Gasteiger partial charge on any atom is 0.169 e. The minimum atomic E-state index is -0.0528. The minimum Gasteiger partial charge on any atom is -0.464 e. The Hall–Kier alpha value is -1.26. The average Bonchev–Trinajstić information content (AvgIpc) is 3.14. The van der Waals surface area contributed by atoms with Gasteiger partial charge in [0, 0.05) is 23.7 Å². The highest BCUT2D eigenvalue weighted by Gasteiger charge is 2.42. The molecule has 1 spiro atoms. The molecule has 21 heavy (non-hydrogen) atoms. The first-order valence-electron chi connectivity index (χ1n) is 7.50. The lowest BCUT2D eigenvalue weighted by atomic mass is 9.81. The number of thioether (sulfide) groups is 1. The zero-order chi connectivity index (χ0) is 14.3. The van der Waals surface area contributed by atoms with Crippen LogP contribution in [0.4, 0.5) is 0 Å². The largest absolute Gasteiger partial charge is 0.464 e. The van der Waals surface area contributed by atoms with Crippen molar-refractivity contribution in [3.05, 3.63) is 36.1 Å². The van der Waals surface area contributed by atoms with Crippen LogP contribution in [0, 0.1) is 5.92 Å². The number of Topliss-reactive ketones (excluding diaryl/α,β-unsaturated/α-hetero) is 1. The summed E-state index contributed by atoms with van der Waals surface area (Å²) in [7, 11) is 0. The molecule has 4 heteroatoms. The highest BCUT2D eigenvalue weighted by Crippen LogP contribution is 2.41. The molecule has 0 N–H and O–H groups in total. The average molecular weight is 302 g/mol. The van der Waals surface area contributed by atoms with E-state index in [2.05, 4.69) is 0 Å². The summed E-state index contributed by atoms with van der Waals surface area (Å²) in [6, 6.07) is 7.75.